The standard InChI is InChI=1S/C13H11F3O3/c1-8-5-10(7-18-8)12(17)9-3-2-4-11(6-9)19-13(14,15)16/h2-7,12,17H,1H3. The molecule has 2 aromatic rings. The number of hydrogen-bond donors (Lipinski definition) is 1. The number of furan rings is 1. The van der Waals surface area contributed by atoms with E-state index in [1.807, 2.05) is 0 Å². The number of rotatable bonds is 3. The fourth-order valence-corrected chi connectivity index (χ4v) is 1.68. The summed E-state index contributed by atoms with van der Waals surface area (Å²) >= 11 is 0. The lowest BCUT2D eigenvalue weighted by Gasteiger charge is -2.12. The first kappa shape index (κ1) is 13.5. The Bertz CT molecular complexity index is 560. The minimum atomic E-state index is -4.75. The van der Waals surface area contributed by atoms with Crippen LogP contribution in [-0.2, 0) is 0 Å². The van der Waals surface area contributed by atoms with Gasteiger partial charge in [0.25, 0.3) is 0 Å². The molecule has 0 spiro atoms. The predicted octanol–water partition coefficient (Wildman–Crippen LogP) is 3.57. The molecule has 1 N–H and O–H groups in total. The second kappa shape index (κ2) is 4.97. The Morgan fingerprint density at radius 3 is 2.53 bits per heavy atom. The lowest BCUT2D eigenvalue weighted by atomic mass is 10.0. The van der Waals surface area contributed by atoms with Gasteiger partial charge in [-0.2, -0.15) is 0 Å². The Hall–Kier alpha value is -1.95. The van der Waals surface area contributed by atoms with Crippen LogP contribution in [0.4, 0.5) is 13.2 Å². The van der Waals surface area contributed by atoms with Crippen molar-refractivity contribution in [1.82, 2.24) is 0 Å². The van der Waals surface area contributed by atoms with Crippen LogP contribution in [-0.4, -0.2) is 11.5 Å². The van der Waals surface area contributed by atoms with Gasteiger partial charge in [-0.15, -0.1) is 13.2 Å². The van der Waals surface area contributed by atoms with Crippen molar-refractivity contribution < 1.29 is 27.4 Å². The molecule has 0 amide bonds. The molecule has 3 nitrogen and oxygen atoms in total. The van der Waals surface area contributed by atoms with Gasteiger partial charge in [0, 0.05) is 5.56 Å². The van der Waals surface area contributed by atoms with Crippen LogP contribution >= 0.6 is 0 Å². The summed E-state index contributed by atoms with van der Waals surface area (Å²) in [6.07, 6.45) is -4.46. The van der Waals surface area contributed by atoms with E-state index in [0.29, 0.717) is 16.9 Å². The molecule has 0 saturated carbocycles. The molecule has 2 rings (SSSR count). The first-order chi connectivity index (χ1) is 8.85. The average Bonchev–Trinajstić information content (AvgIpc) is 2.73. The minimum Gasteiger partial charge on any atom is -0.469 e. The molecule has 1 aromatic heterocycles. The Morgan fingerprint density at radius 1 is 1.21 bits per heavy atom. The van der Waals surface area contributed by atoms with Crippen molar-refractivity contribution in [3.05, 3.63) is 53.5 Å². The zero-order valence-electron chi connectivity index (χ0n) is 9.94. The fraction of sp³-hybridized carbons (Fsp3) is 0.231. The van der Waals surface area contributed by atoms with E-state index in [2.05, 4.69) is 4.74 Å². The van der Waals surface area contributed by atoms with Gasteiger partial charge in [-0.05, 0) is 30.7 Å². The molecule has 0 bridgehead atoms. The highest BCUT2D eigenvalue weighted by molar-refractivity contribution is 5.34. The van der Waals surface area contributed by atoms with E-state index in [4.69, 9.17) is 4.42 Å². The molecular weight excluding hydrogens is 261 g/mol. The molecule has 0 saturated heterocycles. The van der Waals surface area contributed by atoms with E-state index in [1.165, 1.54) is 24.5 Å². The van der Waals surface area contributed by atoms with Crippen molar-refractivity contribution in [1.29, 1.82) is 0 Å². The van der Waals surface area contributed by atoms with Crippen LogP contribution in [0.25, 0.3) is 0 Å². The first-order valence-corrected chi connectivity index (χ1v) is 5.44. The van der Waals surface area contributed by atoms with Crippen molar-refractivity contribution in [2.75, 3.05) is 0 Å². The van der Waals surface area contributed by atoms with Crippen LogP contribution in [0, 0.1) is 6.92 Å². The summed E-state index contributed by atoms with van der Waals surface area (Å²) in [5, 5.41) is 10.0. The molecule has 0 radical (unpaired) electrons. The Labute approximate surface area is 107 Å². The number of halogens is 3. The molecule has 1 atom stereocenters. The van der Waals surface area contributed by atoms with Crippen molar-refractivity contribution in [2.45, 2.75) is 19.4 Å². The third-order valence-electron chi connectivity index (χ3n) is 2.47. The average molecular weight is 272 g/mol. The Balaban J connectivity index is 2.23. The van der Waals surface area contributed by atoms with Crippen LogP contribution in [0.3, 0.4) is 0 Å². The van der Waals surface area contributed by atoms with Crippen LogP contribution in [0.5, 0.6) is 5.75 Å². The highest BCUT2D eigenvalue weighted by atomic mass is 19.4. The maximum absolute atomic E-state index is 12.1. The molecule has 6 heteroatoms. The zero-order chi connectivity index (χ0) is 14.0. The molecule has 1 heterocycles. The third kappa shape index (κ3) is 3.51. The molecule has 102 valence electrons. The summed E-state index contributed by atoms with van der Waals surface area (Å²) in [6.45, 7) is 1.71. The number of alkyl halides is 3. The lowest BCUT2D eigenvalue weighted by molar-refractivity contribution is -0.274. The largest absolute Gasteiger partial charge is 0.573 e. The fourth-order valence-electron chi connectivity index (χ4n) is 1.68. The van der Waals surface area contributed by atoms with Gasteiger partial charge in [0.05, 0.1) is 6.26 Å². The molecule has 0 fully saturated rings. The quantitative estimate of drug-likeness (QED) is 0.928. The number of aryl methyl sites for hydroxylation is 1. The molecule has 19 heavy (non-hydrogen) atoms. The van der Waals surface area contributed by atoms with Gasteiger partial charge in [-0.25, -0.2) is 0 Å². The van der Waals surface area contributed by atoms with Gasteiger partial charge in [0.15, 0.2) is 0 Å². The predicted molar refractivity (Wildman–Crippen MR) is 60.6 cm³/mol. The molecule has 0 aliphatic rings. The number of aliphatic hydroxyl groups is 1. The molecule has 1 aromatic carbocycles. The molecular formula is C13H11F3O3. The normalized spacial score (nSPS) is 13.3. The van der Waals surface area contributed by atoms with Gasteiger partial charge in [-0.1, -0.05) is 12.1 Å². The van der Waals surface area contributed by atoms with Gasteiger partial charge in [0.1, 0.15) is 17.6 Å². The first-order valence-electron chi connectivity index (χ1n) is 5.44. The Kier molecular flexibility index (Phi) is 3.53. The van der Waals surface area contributed by atoms with E-state index in [0.717, 1.165) is 6.07 Å². The van der Waals surface area contributed by atoms with Gasteiger partial charge in [0.2, 0.25) is 0 Å². The number of hydrogen-bond acceptors (Lipinski definition) is 3. The minimum absolute atomic E-state index is 0.294. The summed E-state index contributed by atoms with van der Waals surface area (Å²) in [7, 11) is 0. The topological polar surface area (TPSA) is 42.6 Å². The van der Waals surface area contributed by atoms with Crippen LogP contribution < -0.4 is 4.74 Å². The highest BCUT2D eigenvalue weighted by Crippen LogP contribution is 2.28. The van der Waals surface area contributed by atoms with Gasteiger partial charge < -0.3 is 14.3 Å². The van der Waals surface area contributed by atoms with Gasteiger partial charge in [-0.3, -0.25) is 0 Å². The number of aliphatic hydroxyl groups excluding tert-OH is 1. The van der Waals surface area contributed by atoms with E-state index in [-0.39, 0.29) is 5.75 Å². The maximum atomic E-state index is 12.1. The molecule has 0 aliphatic heterocycles. The highest BCUT2D eigenvalue weighted by Gasteiger charge is 2.31. The van der Waals surface area contributed by atoms with Crippen LogP contribution in [0.2, 0.25) is 0 Å². The van der Waals surface area contributed by atoms with Crippen LogP contribution in [0.15, 0.2) is 41.0 Å². The van der Waals surface area contributed by atoms with Crippen molar-refractivity contribution >= 4 is 0 Å². The summed E-state index contributed by atoms with van der Waals surface area (Å²) < 4.78 is 45.1. The summed E-state index contributed by atoms with van der Waals surface area (Å²) in [6, 6.07) is 6.82. The zero-order valence-corrected chi connectivity index (χ0v) is 9.94. The second-order valence-corrected chi connectivity index (χ2v) is 4.01. The van der Waals surface area contributed by atoms with Crippen LogP contribution in [0.1, 0.15) is 23.0 Å². The monoisotopic (exact) mass is 272 g/mol. The van der Waals surface area contributed by atoms with Crippen molar-refractivity contribution in [3.63, 3.8) is 0 Å². The number of ether oxygens (including phenoxy) is 1. The third-order valence-corrected chi connectivity index (χ3v) is 2.47. The smallest absolute Gasteiger partial charge is 0.469 e. The maximum Gasteiger partial charge on any atom is 0.573 e. The summed E-state index contributed by atoms with van der Waals surface area (Å²) in [5.41, 5.74) is 0.768. The second-order valence-electron chi connectivity index (χ2n) is 4.01. The summed E-state index contributed by atoms with van der Waals surface area (Å²) in [4.78, 5) is 0. The van der Waals surface area contributed by atoms with Crippen molar-refractivity contribution in [2.24, 2.45) is 0 Å². The van der Waals surface area contributed by atoms with E-state index >= 15 is 0 Å². The van der Waals surface area contributed by atoms with Crippen molar-refractivity contribution in [3.8, 4) is 5.75 Å². The molecule has 1 unspecified atom stereocenters. The van der Waals surface area contributed by atoms with Gasteiger partial charge >= 0.3 is 6.36 Å². The summed E-state index contributed by atoms with van der Waals surface area (Å²) in [5.74, 6) is 0.237. The van der Waals surface area contributed by atoms with E-state index < -0.39 is 12.5 Å². The molecule has 0 aliphatic carbocycles. The lowest BCUT2D eigenvalue weighted by Crippen LogP contribution is -2.17. The Morgan fingerprint density at radius 2 is 1.95 bits per heavy atom. The number of benzene rings is 1. The SMILES string of the molecule is Cc1cc(C(O)c2cccc(OC(F)(F)F)c2)co1. The van der Waals surface area contributed by atoms with E-state index in [1.54, 1.807) is 13.0 Å². The van der Waals surface area contributed by atoms with E-state index in [9.17, 15) is 18.3 Å².